The molecule has 4 rings (SSSR count). The van der Waals surface area contributed by atoms with E-state index in [0.717, 1.165) is 26.1 Å². The molecular formula is C28H27IN2O4S. The first-order valence-corrected chi connectivity index (χ1v) is 13.1. The molecule has 0 radical (unpaired) electrons. The lowest BCUT2D eigenvalue weighted by atomic mass is 10.1. The number of carbonyl (C=O) groups excluding carboxylic acids is 1. The highest BCUT2D eigenvalue weighted by Crippen LogP contribution is 2.37. The molecule has 1 saturated heterocycles. The zero-order valence-electron chi connectivity index (χ0n) is 20.4. The monoisotopic (exact) mass is 614 g/mol. The Morgan fingerprint density at radius 1 is 0.944 bits per heavy atom. The van der Waals surface area contributed by atoms with Crippen LogP contribution in [0.1, 0.15) is 25.0 Å². The Morgan fingerprint density at radius 3 is 2.31 bits per heavy atom. The number of ether oxygens (including phenoxy) is 3. The number of hydrogen-bond acceptors (Lipinski definition) is 5. The lowest BCUT2D eigenvalue weighted by molar-refractivity contribution is -0.121. The van der Waals surface area contributed by atoms with Crippen molar-refractivity contribution in [2.24, 2.45) is 0 Å². The number of likely N-dealkylation sites (N-methyl/N-ethyl adjacent to an activating group) is 1. The van der Waals surface area contributed by atoms with Crippen LogP contribution in [0.2, 0.25) is 0 Å². The van der Waals surface area contributed by atoms with Gasteiger partial charge in [-0.1, -0.05) is 30.3 Å². The molecule has 1 amide bonds. The molecule has 0 atom stereocenters. The smallest absolute Gasteiger partial charge is 0.276 e. The van der Waals surface area contributed by atoms with Crippen LogP contribution < -0.4 is 19.1 Å². The zero-order valence-corrected chi connectivity index (χ0v) is 23.3. The van der Waals surface area contributed by atoms with Gasteiger partial charge in [-0.2, -0.15) is 0 Å². The minimum atomic E-state index is -0.175. The predicted molar refractivity (Wildman–Crippen MR) is 155 cm³/mol. The second kappa shape index (κ2) is 11.7. The van der Waals surface area contributed by atoms with Gasteiger partial charge in [-0.3, -0.25) is 14.6 Å². The van der Waals surface area contributed by atoms with Gasteiger partial charge in [-0.15, -0.1) is 0 Å². The average molecular weight is 615 g/mol. The highest BCUT2D eigenvalue weighted by Gasteiger charge is 2.36. The summed E-state index contributed by atoms with van der Waals surface area (Å²) in [5, 5.41) is 0.415. The SMILES string of the molecule is CCOc1ccc(N2C(=S)N(C)C(=O)/C2=C\c2cc(I)c(OCc3ccccc3)c(OCC)c2)cc1. The molecule has 0 saturated carbocycles. The van der Waals surface area contributed by atoms with Gasteiger partial charge in [0.15, 0.2) is 16.6 Å². The molecule has 0 N–H and O–H groups in total. The van der Waals surface area contributed by atoms with Crippen molar-refractivity contribution in [3.05, 3.63) is 87.1 Å². The molecule has 1 fully saturated rings. The van der Waals surface area contributed by atoms with Gasteiger partial charge in [-0.25, -0.2) is 0 Å². The molecule has 1 aliphatic rings. The Labute approximate surface area is 230 Å². The number of hydrogen-bond donors (Lipinski definition) is 0. The molecule has 1 aliphatic heterocycles. The van der Waals surface area contributed by atoms with Gasteiger partial charge >= 0.3 is 0 Å². The van der Waals surface area contributed by atoms with Crippen molar-refractivity contribution in [3.8, 4) is 17.2 Å². The van der Waals surface area contributed by atoms with Gasteiger partial charge in [0.1, 0.15) is 18.1 Å². The third-order valence-corrected chi connectivity index (χ3v) is 6.77. The second-order valence-electron chi connectivity index (χ2n) is 7.98. The van der Waals surface area contributed by atoms with Gasteiger partial charge < -0.3 is 14.2 Å². The number of anilines is 1. The summed E-state index contributed by atoms with van der Waals surface area (Å²) in [4.78, 5) is 16.4. The van der Waals surface area contributed by atoms with Crippen molar-refractivity contribution >= 4 is 57.6 Å². The normalized spacial score (nSPS) is 14.5. The molecule has 3 aromatic rings. The fourth-order valence-electron chi connectivity index (χ4n) is 3.80. The second-order valence-corrected chi connectivity index (χ2v) is 9.50. The topological polar surface area (TPSA) is 51.2 Å². The minimum absolute atomic E-state index is 0.175. The summed E-state index contributed by atoms with van der Waals surface area (Å²) in [5.41, 5.74) is 3.13. The molecule has 1 heterocycles. The maximum atomic E-state index is 13.1. The number of halogens is 1. The van der Waals surface area contributed by atoms with Crippen LogP contribution in [0.5, 0.6) is 17.2 Å². The fourth-order valence-corrected chi connectivity index (χ4v) is 4.87. The van der Waals surface area contributed by atoms with E-state index in [-0.39, 0.29) is 5.91 Å². The van der Waals surface area contributed by atoms with Crippen molar-refractivity contribution in [2.45, 2.75) is 20.5 Å². The maximum absolute atomic E-state index is 13.1. The molecule has 8 heteroatoms. The van der Waals surface area contributed by atoms with Crippen molar-refractivity contribution in [2.75, 3.05) is 25.2 Å². The van der Waals surface area contributed by atoms with Crippen molar-refractivity contribution in [1.82, 2.24) is 4.90 Å². The summed E-state index contributed by atoms with van der Waals surface area (Å²) in [6.07, 6.45) is 1.83. The zero-order chi connectivity index (χ0) is 25.7. The molecule has 186 valence electrons. The third kappa shape index (κ3) is 5.65. The number of benzene rings is 3. The van der Waals surface area contributed by atoms with E-state index in [9.17, 15) is 4.79 Å². The lowest BCUT2D eigenvalue weighted by Crippen LogP contribution is -2.29. The van der Waals surface area contributed by atoms with E-state index in [0.29, 0.717) is 42.1 Å². The number of thiocarbonyl (C=S) groups is 1. The molecule has 0 aliphatic carbocycles. The van der Waals surface area contributed by atoms with Gasteiger partial charge in [0.2, 0.25) is 0 Å². The summed E-state index contributed by atoms with van der Waals surface area (Å²) < 4.78 is 18.5. The largest absolute Gasteiger partial charge is 0.494 e. The highest BCUT2D eigenvalue weighted by molar-refractivity contribution is 14.1. The van der Waals surface area contributed by atoms with E-state index in [1.165, 1.54) is 4.90 Å². The molecule has 6 nitrogen and oxygen atoms in total. The standard InChI is InChI=1S/C28H27IN2O4S/c1-4-33-22-13-11-21(12-14-22)31-24(27(32)30(3)28(31)36)16-20-15-23(29)26(25(17-20)34-5-2)35-18-19-9-7-6-8-10-19/h6-17H,4-5,18H2,1-3H3/b24-16+. The first-order chi connectivity index (χ1) is 17.4. The summed E-state index contributed by atoms with van der Waals surface area (Å²) in [7, 11) is 1.68. The Morgan fingerprint density at radius 2 is 1.64 bits per heavy atom. The van der Waals surface area contributed by atoms with Crippen LogP contribution in [0.25, 0.3) is 6.08 Å². The predicted octanol–water partition coefficient (Wildman–Crippen LogP) is 6.27. The van der Waals surface area contributed by atoms with Gasteiger partial charge in [0, 0.05) is 12.7 Å². The van der Waals surface area contributed by atoms with E-state index in [2.05, 4.69) is 22.6 Å². The van der Waals surface area contributed by atoms with E-state index in [1.54, 1.807) is 11.9 Å². The number of amides is 1. The van der Waals surface area contributed by atoms with Gasteiger partial charge in [-0.05, 0) is 102 Å². The van der Waals surface area contributed by atoms with E-state index < -0.39 is 0 Å². The summed E-state index contributed by atoms with van der Waals surface area (Å²) in [6, 6.07) is 21.4. The van der Waals surface area contributed by atoms with E-state index >= 15 is 0 Å². The van der Waals surface area contributed by atoms with Crippen molar-refractivity contribution in [1.29, 1.82) is 0 Å². The quantitative estimate of drug-likeness (QED) is 0.161. The van der Waals surface area contributed by atoms with Crippen LogP contribution in [-0.2, 0) is 11.4 Å². The maximum Gasteiger partial charge on any atom is 0.276 e. The Hall–Kier alpha value is -3.11. The highest BCUT2D eigenvalue weighted by atomic mass is 127. The minimum Gasteiger partial charge on any atom is -0.494 e. The van der Waals surface area contributed by atoms with Crippen LogP contribution in [0.4, 0.5) is 5.69 Å². The molecule has 0 spiro atoms. The van der Waals surface area contributed by atoms with Crippen LogP contribution in [0.3, 0.4) is 0 Å². The Kier molecular flexibility index (Phi) is 8.48. The lowest BCUT2D eigenvalue weighted by Gasteiger charge is -2.19. The summed E-state index contributed by atoms with van der Waals surface area (Å²) in [5.74, 6) is 1.89. The Bertz CT molecular complexity index is 1280. The molecule has 36 heavy (non-hydrogen) atoms. The van der Waals surface area contributed by atoms with Crippen LogP contribution in [0.15, 0.2) is 72.4 Å². The molecule has 0 bridgehead atoms. The van der Waals surface area contributed by atoms with Crippen LogP contribution >= 0.6 is 34.8 Å². The molecule has 0 aromatic heterocycles. The number of rotatable bonds is 9. The first kappa shape index (κ1) is 26.0. The van der Waals surface area contributed by atoms with Crippen molar-refractivity contribution in [3.63, 3.8) is 0 Å². The first-order valence-electron chi connectivity index (χ1n) is 11.6. The van der Waals surface area contributed by atoms with E-state index in [4.69, 9.17) is 26.4 Å². The Balaban J connectivity index is 1.68. The number of carbonyl (C=O) groups is 1. The van der Waals surface area contributed by atoms with Crippen LogP contribution in [-0.4, -0.2) is 36.2 Å². The van der Waals surface area contributed by atoms with Crippen molar-refractivity contribution < 1.29 is 19.0 Å². The molecular weight excluding hydrogens is 587 g/mol. The summed E-state index contributed by atoms with van der Waals surface area (Å²) in [6.45, 7) is 5.37. The van der Waals surface area contributed by atoms with Crippen LogP contribution in [0, 0.1) is 3.57 Å². The van der Waals surface area contributed by atoms with Gasteiger partial charge in [0.05, 0.1) is 16.8 Å². The number of nitrogens with zero attached hydrogens (tertiary/aromatic N) is 2. The third-order valence-electron chi connectivity index (χ3n) is 5.51. The summed E-state index contributed by atoms with van der Waals surface area (Å²) >= 11 is 7.85. The van der Waals surface area contributed by atoms with E-state index in [1.807, 2.05) is 86.7 Å². The molecule has 0 unspecified atom stereocenters. The molecule has 3 aromatic carbocycles. The average Bonchev–Trinajstić information content (AvgIpc) is 3.08. The fraction of sp³-hybridized carbons (Fsp3) is 0.214. The van der Waals surface area contributed by atoms with Gasteiger partial charge in [0.25, 0.3) is 5.91 Å².